The summed E-state index contributed by atoms with van der Waals surface area (Å²) < 4.78 is 61.1. The predicted octanol–water partition coefficient (Wildman–Crippen LogP) is 2.07. The standard InChI is InChI=1S/C10H8F3NO3S/c1-6-4-7(17-10(11,12)13)2-3-8(6)9(5-14)18(15)16/h2-4,9,18H,1H3. The van der Waals surface area contributed by atoms with Gasteiger partial charge in [0, 0.05) is 0 Å². The molecule has 98 valence electrons. The van der Waals surface area contributed by atoms with Crippen LogP contribution in [0.25, 0.3) is 0 Å². The minimum Gasteiger partial charge on any atom is -0.406 e. The molecule has 0 fully saturated rings. The molecule has 1 rings (SSSR count). The van der Waals surface area contributed by atoms with Crippen LogP contribution in [0.5, 0.6) is 5.75 Å². The van der Waals surface area contributed by atoms with Gasteiger partial charge in [0.2, 0.25) is 0 Å². The van der Waals surface area contributed by atoms with Crippen LogP contribution in [0.4, 0.5) is 13.2 Å². The number of nitrogens with zero attached hydrogens (tertiary/aromatic N) is 1. The summed E-state index contributed by atoms with van der Waals surface area (Å²) in [6, 6.07) is 4.71. The maximum atomic E-state index is 12.0. The SMILES string of the molecule is Cc1cc(OC(F)(F)F)ccc1C(C#N)[SH](=O)=O. The van der Waals surface area contributed by atoms with Crippen molar-refractivity contribution in [3.8, 4) is 11.8 Å². The van der Waals surface area contributed by atoms with Crippen LogP contribution >= 0.6 is 0 Å². The van der Waals surface area contributed by atoms with Crippen molar-refractivity contribution in [3.05, 3.63) is 29.3 Å². The molecular weight excluding hydrogens is 271 g/mol. The number of alkyl halides is 3. The van der Waals surface area contributed by atoms with Crippen molar-refractivity contribution >= 4 is 10.7 Å². The van der Waals surface area contributed by atoms with Gasteiger partial charge in [-0.3, -0.25) is 0 Å². The van der Waals surface area contributed by atoms with Crippen LogP contribution in [0.3, 0.4) is 0 Å². The molecule has 0 aliphatic carbocycles. The van der Waals surface area contributed by atoms with Crippen LogP contribution < -0.4 is 4.74 Å². The second-order valence-electron chi connectivity index (χ2n) is 3.38. The Bertz CT molecular complexity index is 552. The molecule has 8 heteroatoms. The normalized spacial score (nSPS) is 13.1. The molecule has 1 aromatic rings. The Morgan fingerprint density at radius 2 is 2.00 bits per heavy atom. The molecule has 0 aliphatic rings. The first-order valence-corrected chi connectivity index (χ1v) is 5.88. The van der Waals surface area contributed by atoms with Gasteiger partial charge in [-0.25, -0.2) is 8.42 Å². The molecule has 0 saturated heterocycles. The summed E-state index contributed by atoms with van der Waals surface area (Å²) in [6.45, 7) is 1.40. The number of ether oxygens (including phenoxy) is 1. The summed E-state index contributed by atoms with van der Waals surface area (Å²) in [5, 5.41) is 7.31. The number of aryl methyl sites for hydroxylation is 1. The quantitative estimate of drug-likeness (QED) is 0.860. The molecule has 4 nitrogen and oxygen atoms in total. The van der Waals surface area contributed by atoms with E-state index in [1.54, 1.807) is 6.07 Å². The number of nitriles is 1. The zero-order valence-corrected chi connectivity index (χ0v) is 9.96. The second-order valence-corrected chi connectivity index (χ2v) is 4.47. The monoisotopic (exact) mass is 279 g/mol. The molecule has 0 radical (unpaired) electrons. The van der Waals surface area contributed by atoms with E-state index in [-0.39, 0.29) is 11.1 Å². The van der Waals surface area contributed by atoms with E-state index < -0.39 is 28.1 Å². The van der Waals surface area contributed by atoms with Gasteiger partial charge in [-0.2, -0.15) is 5.26 Å². The molecule has 0 aliphatic heterocycles. The Morgan fingerprint density at radius 3 is 2.39 bits per heavy atom. The lowest BCUT2D eigenvalue weighted by Crippen LogP contribution is -2.17. The Hall–Kier alpha value is -1.75. The van der Waals surface area contributed by atoms with Crippen LogP contribution in [0, 0.1) is 18.3 Å². The molecule has 1 unspecified atom stereocenters. The average molecular weight is 279 g/mol. The van der Waals surface area contributed by atoms with Gasteiger partial charge >= 0.3 is 6.36 Å². The Kier molecular flexibility index (Phi) is 4.19. The lowest BCUT2D eigenvalue weighted by molar-refractivity contribution is -0.274. The third kappa shape index (κ3) is 3.63. The van der Waals surface area contributed by atoms with Gasteiger partial charge in [-0.1, -0.05) is 6.07 Å². The van der Waals surface area contributed by atoms with Gasteiger partial charge in [0.25, 0.3) is 0 Å². The van der Waals surface area contributed by atoms with E-state index >= 15 is 0 Å². The number of rotatable bonds is 3. The molecular formula is C10H8F3NO3S. The first-order valence-electron chi connectivity index (χ1n) is 4.64. The fourth-order valence-corrected chi connectivity index (χ4v) is 1.99. The zero-order chi connectivity index (χ0) is 13.9. The second kappa shape index (κ2) is 5.27. The Labute approximate surface area is 103 Å². The smallest absolute Gasteiger partial charge is 0.406 e. The highest BCUT2D eigenvalue weighted by atomic mass is 32.2. The molecule has 0 aromatic heterocycles. The van der Waals surface area contributed by atoms with Crippen molar-refractivity contribution in [2.75, 3.05) is 0 Å². The number of hydrogen-bond donors (Lipinski definition) is 1. The largest absolute Gasteiger partial charge is 0.573 e. The van der Waals surface area contributed by atoms with Crippen LogP contribution in [0.1, 0.15) is 16.4 Å². The maximum Gasteiger partial charge on any atom is 0.573 e. The van der Waals surface area contributed by atoms with Crippen molar-refractivity contribution in [3.63, 3.8) is 0 Å². The van der Waals surface area contributed by atoms with E-state index in [9.17, 15) is 21.6 Å². The minimum absolute atomic E-state index is 0.142. The summed E-state index contributed by atoms with van der Waals surface area (Å²) >= 11 is 0. The van der Waals surface area contributed by atoms with Crippen LogP contribution in [-0.2, 0) is 10.7 Å². The topological polar surface area (TPSA) is 67.2 Å². The van der Waals surface area contributed by atoms with Crippen molar-refractivity contribution in [1.29, 1.82) is 5.26 Å². The zero-order valence-electron chi connectivity index (χ0n) is 9.06. The molecule has 18 heavy (non-hydrogen) atoms. The summed E-state index contributed by atoms with van der Waals surface area (Å²) in [7, 11) is -3.02. The van der Waals surface area contributed by atoms with Gasteiger partial charge in [-0.05, 0) is 30.2 Å². The molecule has 1 aromatic carbocycles. The number of halogens is 3. The number of benzene rings is 1. The highest BCUT2D eigenvalue weighted by molar-refractivity contribution is 7.73. The van der Waals surface area contributed by atoms with Gasteiger partial charge in [0.1, 0.15) is 5.75 Å². The highest BCUT2D eigenvalue weighted by Crippen LogP contribution is 2.28. The summed E-state index contributed by atoms with van der Waals surface area (Å²) in [5.41, 5.74) is 0.380. The fourth-order valence-electron chi connectivity index (χ4n) is 1.38. The van der Waals surface area contributed by atoms with E-state index in [1.165, 1.54) is 6.92 Å². The van der Waals surface area contributed by atoms with E-state index in [4.69, 9.17) is 5.26 Å². The molecule has 0 N–H and O–H groups in total. The Morgan fingerprint density at radius 1 is 1.39 bits per heavy atom. The third-order valence-corrected chi connectivity index (χ3v) is 2.92. The van der Waals surface area contributed by atoms with Crippen molar-refractivity contribution in [2.45, 2.75) is 18.5 Å². The maximum absolute atomic E-state index is 12.0. The number of hydrogen-bond acceptors (Lipinski definition) is 4. The van der Waals surface area contributed by atoms with E-state index in [0.717, 1.165) is 18.2 Å². The van der Waals surface area contributed by atoms with Gasteiger partial charge in [-0.15, -0.1) is 13.2 Å². The van der Waals surface area contributed by atoms with E-state index in [1.807, 2.05) is 0 Å². The lowest BCUT2D eigenvalue weighted by Gasteiger charge is -2.12. The minimum atomic E-state index is -4.81. The predicted molar refractivity (Wildman–Crippen MR) is 56.5 cm³/mol. The first-order chi connectivity index (χ1) is 8.24. The van der Waals surface area contributed by atoms with E-state index in [0.29, 0.717) is 0 Å². The highest BCUT2D eigenvalue weighted by Gasteiger charge is 2.31. The Balaban J connectivity index is 3.11. The molecule has 0 bridgehead atoms. The molecule has 0 spiro atoms. The average Bonchev–Trinajstić information content (AvgIpc) is 2.19. The van der Waals surface area contributed by atoms with E-state index in [2.05, 4.69) is 4.74 Å². The summed E-state index contributed by atoms with van der Waals surface area (Å²) in [4.78, 5) is 0. The molecule has 1 atom stereocenters. The van der Waals surface area contributed by atoms with Crippen molar-refractivity contribution in [2.24, 2.45) is 0 Å². The number of thiol groups is 1. The fraction of sp³-hybridized carbons (Fsp3) is 0.300. The van der Waals surface area contributed by atoms with Crippen molar-refractivity contribution < 1.29 is 26.3 Å². The van der Waals surface area contributed by atoms with Crippen molar-refractivity contribution in [1.82, 2.24) is 0 Å². The van der Waals surface area contributed by atoms with Crippen LogP contribution in [-0.4, -0.2) is 14.8 Å². The summed E-state index contributed by atoms with van der Waals surface area (Å²) in [5.74, 6) is -0.457. The first kappa shape index (κ1) is 14.3. The molecule has 0 heterocycles. The molecule has 0 amide bonds. The van der Waals surface area contributed by atoms with Gasteiger partial charge in [0.05, 0.1) is 6.07 Å². The van der Waals surface area contributed by atoms with Gasteiger partial charge in [0.15, 0.2) is 16.0 Å². The lowest BCUT2D eigenvalue weighted by atomic mass is 10.1. The summed E-state index contributed by atoms with van der Waals surface area (Å²) in [6.07, 6.45) is -4.81. The molecule has 0 saturated carbocycles. The van der Waals surface area contributed by atoms with Crippen LogP contribution in [0.15, 0.2) is 18.2 Å². The van der Waals surface area contributed by atoms with Gasteiger partial charge < -0.3 is 4.74 Å². The third-order valence-electron chi connectivity index (χ3n) is 2.10. The van der Waals surface area contributed by atoms with Crippen LogP contribution in [0.2, 0.25) is 0 Å².